The van der Waals surface area contributed by atoms with Gasteiger partial charge in [-0.2, -0.15) is 0 Å². The molecule has 0 aromatic heterocycles. The van der Waals surface area contributed by atoms with Crippen LogP contribution in [0.3, 0.4) is 0 Å². The minimum absolute atomic E-state index is 0.361. The Morgan fingerprint density at radius 3 is 1.81 bits per heavy atom. The molecule has 0 amide bonds. The molecule has 0 radical (unpaired) electrons. The van der Waals surface area contributed by atoms with E-state index in [0.717, 1.165) is 22.0 Å². The molecular formula is C8H4Cl6S2. The second kappa shape index (κ2) is 6.72. The molecule has 1 aromatic rings. The topological polar surface area (TPSA) is 0 Å². The van der Waals surface area contributed by atoms with E-state index < -0.39 is 4.84 Å². The number of hydrogen-bond acceptors (Lipinski definition) is 2. The maximum atomic E-state index is 6.07. The number of benzene rings is 1. The summed E-state index contributed by atoms with van der Waals surface area (Å²) in [4.78, 5) is 0.474. The van der Waals surface area contributed by atoms with Gasteiger partial charge in [0, 0.05) is 10.5 Å². The van der Waals surface area contributed by atoms with E-state index in [1.54, 1.807) is 6.92 Å². The molecule has 16 heavy (non-hydrogen) atoms. The zero-order valence-corrected chi connectivity index (χ0v) is 13.8. The van der Waals surface area contributed by atoms with Crippen molar-refractivity contribution >= 4 is 89.7 Å². The largest absolute Gasteiger partial charge is 0.134 e. The van der Waals surface area contributed by atoms with Crippen LogP contribution in [0.25, 0.3) is 0 Å². The van der Waals surface area contributed by atoms with Crippen LogP contribution in [0, 0.1) is 6.92 Å². The average molecular weight is 377 g/mol. The maximum Gasteiger partial charge on any atom is 0.134 e. The van der Waals surface area contributed by atoms with Gasteiger partial charge in [0.25, 0.3) is 0 Å². The number of halogens is 6. The first-order chi connectivity index (χ1) is 7.45. The summed E-state index contributed by atoms with van der Waals surface area (Å²) in [6, 6.07) is 0. The van der Waals surface area contributed by atoms with Gasteiger partial charge in [0.1, 0.15) is 4.84 Å². The normalized spacial score (nSPS) is 11.2. The van der Waals surface area contributed by atoms with Crippen molar-refractivity contribution in [2.24, 2.45) is 0 Å². The van der Waals surface area contributed by atoms with Crippen LogP contribution >= 0.6 is 89.7 Å². The SMILES string of the molecule is Cc1c(Cl)c(Cl)c(SCl)c(SCl)c1C(Cl)Cl. The van der Waals surface area contributed by atoms with Crippen molar-refractivity contribution in [1.82, 2.24) is 0 Å². The summed E-state index contributed by atoms with van der Waals surface area (Å²) in [7, 11) is 13.4. The highest BCUT2D eigenvalue weighted by molar-refractivity contribution is 8.23. The highest BCUT2D eigenvalue weighted by atomic mass is 35.7. The molecule has 0 heterocycles. The molecular weight excluding hydrogens is 373 g/mol. The zero-order chi connectivity index (χ0) is 12.5. The van der Waals surface area contributed by atoms with Gasteiger partial charge in [-0.15, -0.1) is 23.2 Å². The van der Waals surface area contributed by atoms with Crippen molar-refractivity contribution in [3.63, 3.8) is 0 Å². The van der Waals surface area contributed by atoms with Crippen LogP contribution in [0.2, 0.25) is 10.0 Å². The number of rotatable bonds is 3. The second-order valence-electron chi connectivity index (χ2n) is 2.78. The molecule has 0 saturated carbocycles. The Balaban J connectivity index is 3.65. The van der Waals surface area contributed by atoms with Gasteiger partial charge in [0.2, 0.25) is 0 Å². The average Bonchev–Trinajstić information content (AvgIpc) is 2.24. The third-order valence-electron chi connectivity index (χ3n) is 1.95. The van der Waals surface area contributed by atoms with Crippen molar-refractivity contribution < 1.29 is 0 Å². The summed E-state index contributed by atoms with van der Waals surface area (Å²) in [5.41, 5.74) is 1.35. The van der Waals surface area contributed by atoms with Crippen molar-refractivity contribution in [3.05, 3.63) is 21.2 Å². The van der Waals surface area contributed by atoms with Crippen LogP contribution in [0.15, 0.2) is 9.79 Å². The molecule has 0 nitrogen and oxygen atoms in total. The fourth-order valence-electron chi connectivity index (χ4n) is 1.18. The van der Waals surface area contributed by atoms with E-state index in [2.05, 4.69) is 0 Å². The molecule has 0 spiro atoms. The number of alkyl halides is 2. The van der Waals surface area contributed by atoms with E-state index in [-0.39, 0.29) is 0 Å². The summed E-state index contributed by atoms with van der Waals surface area (Å²) in [6.07, 6.45) is 0. The van der Waals surface area contributed by atoms with Crippen LogP contribution < -0.4 is 0 Å². The van der Waals surface area contributed by atoms with Gasteiger partial charge < -0.3 is 0 Å². The summed E-state index contributed by atoms with van der Waals surface area (Å²) in [6.45, 7) is 1.78. The Morgan fingerprint density at radius 2 is 1.44 bits per heavy atom. The van der Waals surface area contributed by atoms with E-state index in [1.807, 2.05) is 0 Å². The first-order valence-electron chi connectivity index (χ1n) is 3.82. The molecule has 1 aromatic carbocycles. The van der Waals surface area contributed by atoms with Crippen molar-refractivity contribution in [3.8, 4) is 0 Å². The van der Waals surface area contributed by atoms with Gasteiger partial charge in [0.05, 0.1) is 14.9 Å². The zero-order valence-electron chi connectivity index (χ0n) is 7.66. The third-order valence-corrected chi connectivity index (χ3v) is 5.64. The lowest BCUT2D eigenvalue weighted by atomic mass is 10.1. The first-order valence-corrected chi connectivity index (χ1v) is 8.73. The summed E-state index contributed by atoms with van der Waals surface area (Å²) < 4.78 is 0. The smallest absolute Gasteiger partial charge is 0.100 e. The lowest BCUT2D eigenvalue weighted by Gasteiger charge is -2.17. The quantitative estimate of drug-likeness (QED) is 0.508. The summed E-state index contributed by atoms with van der Waals surface area (Å²) >= 11 is 23.9. The minimum atomic E-state index is -0.737. The van der Waals surface area contributed by atoms with Gasteiger partial charge in [-0.05, 0) is 55.8 Å². The maximum absolute atomic E-state index is 6.07. The van der Waals surface area contributed by atoms with Crippen LogP contribution in [-0.4, -0.2) is 0 Å². The first kappa shape index (κ1) is 15.7. The Bertz CT molecular complexity index is 406. The predicted octanol–water partition coefficient (Wildman–Crippen LogP) is 7.27. The van der Waals surface area contributed by atoms with Gasteiger partial charge in [0.15, 0.2) is 0 Å². The van der Waals surface area contributed by atoms with Gasteiger partial charge in [-0.25, -0.2) is 0 Å². The Labute approximate surface area is 131 Å². The standard InChI is InChI=1S/C8H4Cl6S2/c1-2-3(8(11)12)6(15-13)7(16-14)5(10)4(2)9/h8H,1H3. The van der Waals surface area contributed by atoms with E-state index in [0.29, 0.717) is 31.0 Å². The predicted molar refractivity (Wildman–Crippen MR) is 79.1 cm³/mol. The molecule has 0 bridgehead atoms. The molecule has 0 aliphatic heterocycles. The molecule has 90 valence electrons. The monoisotopic (exact) mass is 374 g/mol. The lowest BCUT2D eigenvalue weighted by Crippen LogP contribution is -1.95. The highest BCUT2D eigenvalue weighted by Gasteiger charge is 2.23. The molecule has 1 rings (SSSR count). The molecule has 0 aliphatic carbocycles. The van der Waals surface area contributed by atoms with Crippen molar-refractivity contribution in [2.75, 3.05) is 0 Å². The Morgan fingerprint density at radius 1 is 0.938 bits per heavy atom. The van der Waals surface area contributed by atoms with Crippen LogP contribution in [0.1, 0.15) is 16.0 Å². The molecule has 8 heteroatoms. The van der Waals surface area contributed by atoms with Crippen LogP contribution in [0.4, 0.5) is 0 Å². The molecule has 0 N–H and O–H groups in total. The van der Waals surface area contributed by atoms with E-state index in [1.165, 1.54) is 0 Å². The number of hydrogen-bond donors (Lipinski definition) is 0. The van der Waals surface area contributed by atoms with Crippen molar-refractivity contribution in [2.45, 2.75) is 21.6 Å². The minimum Gasteiger partial charge on any atom is -0.100 e. The molecule has 0 atom stereocenters. The molecule has 0 fully saturated rings. The molecule has 0 unspecified atom stereocenters. The second-order valence-corrected chi connectivity index (χ2v) is 6.68. The molecule has 0 saturated heterocycles. The van der Waals surface area contributed by atoms with E-state index >= 15 is 0 Å². The lowest BCUT2D eigenvalue weighted by molar-refractivity contribution is 1.10. The van der Waals surface area contributed by atoms with Crippen molar-refractivity contribution in [1.29, 1.82) is 0 Å². The summed E-state index contributed by atoms with van der Waals surface area (Å²) in [5.74, 6) is 0. The van der Waals surface area contributed by atoms with Crippen LogP contribution in [0.5, 0.6) is 0 Å². The van der Waals surface area contributed by atoms with Gasteiger partial charge >= 0.3 is 0 Å². The van der Waals surface area contributed by atoms with Gasteiger partial charge in [-0.1, -0.05) is 23.2 Å². The Kier molecular flexibility index (Phi) is 6.60. The van der Waals surface area contributed by atoms with E-state index in [4.69, 9.17) is 67.8 Å². The molecule has 0 aliphatic rings. The van der Waals surface area contributed by atoms with Gasteiger partial charge in [-0.3, -0.25) is 0 Å². The fraction of sp³-hybridized carbons (Fsp3) is 0.250. The third kappa shape index (κ3) is 2.97. The van der Waals surface area contributed by atoms with E-state index in [9.17, 15) is 0 Å². The fourth-order valence-corrected chi connectivity index (χ4v) is 4.98. The highest BCUT2D eigenvalue weighted by Crippen LogP contribution is 2.50. The Hall–Kier alpha value is 1.66. The van der Waals surface area contributed by atoms with Crippen LogP contribution in [-0.2, 0) is 0 Å². The summed E-state index contributed by atoms with van der Waals surface area (Å²) in [5, 5.41) is 0.751.